The molecule has 0 spiro atoms. The molecule has 0 radical (unpaired) electrons. The van der Waals surface area contributed by atoms with E-state index in [9.17, 15) is 39.6 Å². The number of aryl methyl sites for hydroxylation is 2. The summed E-state index contributed by atoms with van der Waals surface area (Å²) in [7, 11) is 0. The number of ketones is 2. The summed E-state index contributed by atoms with van der Waals surface area (Å²) in [6.07, 6.45) is -0.167. The highest BCUT2D eigenvalue weighted by atomic mass is 35.5. The lowest BCUT2D eigenvalue weighted by Gasteiger charge is -2.34. The van der Waals surface area contributed by atoms with Crippen molar-refractivity contribution in [2.75, 3.05) is 13.1 Å². The van der Waals surface area contributed by atoms with Gasteiger partial charge in [-0.2, -0.15) is 0 Å². The lowest BCUT2D eigenvalue weighted by Crippen LogP contribution is -2.71. The maximum absolute atomic E-state index is 12.8. The van der Waals surface area contributed by atoms with Crippen LogP contribution in [0, 0.1) is 13.8 Å². The van der Waals surface area contributed by atoms with Gasteiger partial charge in [0.25, 0.3) is 11.2 Å². The van der Waals surface area contributed by atoms with E-state index in [2.05, 4.69) is 10.3 Å². The Morgan fingerprint density at radius 1 is 0.795 bits per heavy atom. The molecule has 3 unspecified atom stereocenters. The zero-order valence-electron chi connectivity index (χ0n) is 23.9. The molecule has 0 amide bonds. The maximum atomic E-state index is 12.8. The molecule has 3 atom stereocenters. The Labute approximate surface area is 262 Å². The number of ether oxygens (including phenoxy) is 1. The number of nitrogens with one attached hydrogen (secondary N) is 1. The summed E-state index contributed by atoms with van der Waals surface area (Å²) in [4.78, 5) is 53.4. The van der Waals surface area contributed by atoms with E-state index in [1.165, 1.54) is 24.3 Å². The van der Waals surface area contributed by atoms with E-state index in [1.54, 1.807) is 32.0 Å². The Hall–Kier alpha value is -4.29. The minimum Gasteiger partial charge on any atom is -0.480 e. The van der Waals surface area contributed by atoms with Crippen LogP contribution in [0.25, 0.3) is 0 Å². The first kappa shape index (κ1) is 34.2. The number of aliphatic imine (C=N–C) groups is 1. The predicted octanol–water partition coefficient (Wildman–Crippen LogP) is 3.76. The highest BCUT2D eigenvalue weighted by molar-refractivity contribution is 6.37. The second-order valence-corrected chi connectivity index (χ2v) is 10.7. The third kappa shape index (κ3) is 6.92. The third-order valence-electron chi connectivity index (χ3n) is 6.73. The van der Waals surface area contributed by atoms with Gasteiger partial charge in [0, 0.05) is 17.7 Å². The van der Waals surface area contributed by atoms with Crippen LogP contribution in [0.2, 0.25) is 10.0 Å². The fourth-order valence-electron chi connectivity index (χ4n) is 4.18. The molecule has 11 nitrogen and oxygen atoms in total. The number of amidine groups is 1. The molecule has 5 N–H and O–H groups in total. The number of nitrogens with zero attached hydrogens (tertiary/aromatic N) is 1. The summed E-state index contributed by atoms with van der Waals surface area (Å²) in [5.74, 6) is -6.66. The number of carboxylic acids is 2. The Morgan fingerprint density at radius 3 is 1.55 bits per heavy atom. The number of carbonyl (C=O) groups excluding carboxylic acids is 2. The van der Waals surface area contributed by atoms with Crippen molar-refractivity contribution in [3.8, 4) is 5.75 Å². The lowest BCUT2D eigenvalue weighted by molar-refractivity contribution is -0.187. The van der Waals surface area contributed by atoms with Crippen LogP contribution in [0.4, 0.5) is 0 Å². The molecule has 13 heteroatoms. The Kier molecular flexibility index (Phi) is 10.9. The molecular weight excluding hydrogens is 615 g/mol. The number of rotatable bonds is 10. The van der Waals surface area contributed by atoms with Crippen LogP contribution in [0.15, 0.2) is 71.7 Å². The van der Waals surface area contributed by atoms with Gasteiger partial charge >= 0.3 is 11.9 Å². The van der Waals surface area contributed by atoms with Gasteiger partial charge in [0.15, 0.2) is 11.9 Å². The van der Waals surface area contributed by atoms with Crippen molar-refractivity contribution < 1.29 is 44.3 Å². The number of benzene rings is 3. The fraction of sp³-hybridized carbons (Fsp3) is 0.258. The van der Waals surface area contributed by atoms with Gasteiger partial charge in [0.1, 0.15) is 5.84 Å². The van der Waals surface area contributed by atoms with Crippen LogP contribution >= 0.6 is 23.2 Å². The average molecular weight is 645 g/mol. The topological polar surface area (TPSA) is 183 Å². The standard InChI is InChI=1S/C20H18O8.C11H12Cl2N2O/c1-11-3-7-13(8-4-11)15(21)19(27,17(23)24)20(28,18(25)26)16(22)14-9-5-12(2)6-10-14;1-7(11-14-5-6-15-11)16-10-8(12)3-2-4-9(10)13/h3-10,27-28H,1-2H3,(H,23,24)(H,25,26);2-4,7H,5-6H2,1H3,(H,14,15). The monoisotopic (exact) mass is 644 g/mol. The van der Waals surface area contributed by atoms with Crippen LogP contribution < -0.4 is 10.1 Å². The number of hydrogen-bond donors (Lipinski definition) is 5. The Balaban J connectivity index is 0.000000278. The summed E-state index contributed by atoms with van der Waals surface area (Å²) < 4.78 is 5.70. The molecule has 44 heavy (non-hydrogen) atoms. The first-order chi connectivity index (χ1) is 20.6. The summed E-state index contributed by atoms with van der Waals surface area (Å²) in [6.45, 7) is 6.94. The van der Waals surface area contributed by atoms with E-state index in [4.69, 9.17) is 27.9 Å². The lowest BCUT2D eigenvalue weighted by atomic mass is 9.73. The minimum atomic E-state index is -3.96. The minimum absolute atomic E-state index is 0.167. The number of carboxylic acid groups (broad SMARTS) is 2. The number of aliphatic hydroxyl groups is 2. The number of carbonyl (C=O) groups is 4. The van der Waals surface area contributed by atoms with Gasteiger partial charge in [-0.3, -0.25) is 14.6 Å². The average Bonchev–Trinajstić information content (AvgIpc) is 3.54. The van der Waals surface area contributed by atoms with Crippen molar-refractivity contribution >= 4 is 52.5 Å². The van der Waals surface area contributed by atoms with Crippen molar-refractivity contribution in [1.29, 1.82) is 0 Å². The van der Waals surface area contributed by atoms with E-state index in [1.807, 2.05) is 6.92 Å². The van der Waals surface area contributed by atoms with E-state index in [-0.39, 0.29) is 17.2 Å². The molecule has 1 heterocycles. The van der Waals surface area contributed by atoms with E-state index in [0.29, 0.717) is 26.9 Å². The molecule has 1 aliphatic rings. The summed E-state index contributed by atoms with van der Waals surface area (Å²) >= 11 is 12.0. The molecule has 0 bridgehead atoms. The van der Waals surface area contributed by atoms with Crippen LogP contribution in [-0.4, -0.2) is 80.2 Å². The Bertz CT molecular complexity index is 1490. The normalized spacial score (nSPS) is 15.7. The number of para-hydroxylation sites is 1. The van der Waals surface area contributed by atoms with Crippen LogP contribution in [0.3, 0.4) is 0 Å². The maximum Gasteiger partial charge on any atom is 0.348 e. The third-order valence-corrected chi connectivity index (χ3v) is 7.32. The zero-order valence-corrected chi connectivity index (χ0v) is 25.4. The van der Waals surface area contributed by atoms with Gasteiger partial charge < -0.3 is 30.5 Å². The molecule has 1 aliphatic heterocycles. The van der Waals surface area contributed by atoms with Crippen molar-refractivity contribution in [2.24, 2.45) is 4.99 Å². The highest BCUT2D eigenvalue weighted by Crippen LogP contribution is 2.34. The van der Waals surface area contributed by atoms with E-state index in [0.717, 1.165) is 43.2 Å². The zero-order chi connectivity index (χ0) is 32.8. The molecule has 0 fully saturated rings. The molecule has 4 rings (SSSR count). The SMILES string of the molecule is CC(Oc1c(Cl)cccc1Cl)C1=NCCN1.Cc1ccc(C(=O)C(O)(C(=O)O)C(O)(C(=O)O)C(=O)c2ccc(C)cc2)cc1. The highest BCUT2D eigenvalue weighted by Gasteiger charge is 2.69. The van der Waals surface area contributed by atoms with Crippen molar-refractivity contribution in [3.05, 3.63) is 99.0 Å². The van der Waals surface area contributed by atoms with Gasteiger partial charge in [-0.15, -0.1) is 0 Å². The first-order valence-corrected chi connectivity index (χ1v) is 13.9. The predicted molar refractivity (Wildman–Crippen MR) is 163 cm³/mol. The van der Waals surface area contributed by atoms with Crippen LogP contribution in [0.5, 0.6) is 5.75 Å². The van der Waals surface area contributed by atoms with Crippen LogP contribution in [-0.2, 0) is 9.59 Å². The second-order valence-electron chi connectivity index (χ2n) is 9.93. The molecule has 3 aromatic carbocycles. The number of aliphatic carboxylic acids is 2. The van der Waals surface area contributed by atoms with Gasteiger partial charge in [0.05, 0.1) is 16.6 Å². The first-order valence-electron chi connectivity index (χ1n) is 13.2. The number of halogens is 2. The van der Waals surface area contributed by atoms with E-state index < -0.39 is 34.7 Å². The second kappa shape index (κ2) is 14.0. The molecular formula is C31H30Cl2N2O9. The van der Waals surface area contributed by atoms with Gasteiger partial charge in [0.2, 0.25) is 11.6 Å². The van der Waals surface area contributed by atoms with Gasteiger partial charge in [-0.05, 0) is 32.9 Å². The molecule has 3 aromatic rings. The fourth-order valence-corrected chi connectivity index (χ4v) is 4.66. The van der Waals surface area contributed by atoms with Crippen molar-refractivity contribution in [2.45, 2.75) is 38.1 Å². The molecule has 0 aromatic heterocycles. The van der Waals surface area contributed by atoms with E-state index >= 15 is 0 Å². The summed E-state index contributed by atoms with van der Waals surface area (Å²) in [5, 5.41) is 44.5. The Morgan fingerprint density at radius 2 is 1.20 bits per heavy atom. The quantitative estimate of drug-likeness (QED) is 0.161. The summed E-state index contributed by atoms with van der Waals surface area (Å²) in [5.41, 5.74) is -7.27. The number of Topliss-reactive ketones (excluding diaryl/α,β-unsaturated/α-hetero) is 2. The largest absolute Gasteiger partial charge is 0.480 e. The summed E-state index contributed by atoms with van der Waals surface area (Å²) in [6, 6.07) is 15.6. The molecule has 0 saturated carbocycles. The van der Waals surface area contributed by atoms with Crippen LogP contribution in [0.1, 0.15) is 38.8 Å². The van der Waals surface area contributed by atoms with Gasteiger partial charge in [-0.25, -0.2) is 9.59 Å². The molecule has 0 saturated heterocycles. The van der Waals surface area contributed by atoms with Crippen molar-refractivity contribution in [3.63, 3.8) is 0 Å². The number of hydrogen-bond acceptors (Lipinski definition) is 9. The molecule has 232 valence electrons. The van der Waals surface area contributed by atoms with Gasteiger partial charge in [-0.1, -0.05) is 88.9 Å². The van der Waals surface area contributed by atoms with Crippen molar-refractivity contribution in [1.82, 2.24) is 5.32 Å². The molecule has 0 aliphatic carbocycles. The smallest absolute Gasteiger partial charge is 0.348 e.